The van der Waals surface area contributed by atoms with Crippen molar-refractivity contribution in [2.24, 2.45) is 5.73 Å². The molecular formula is C21H24N2O5S. The number of furan rings is 1. The summed E-state index contributed by atoms with van der Waals surface area (Å²) < 4.78 is 17.8. The van der Waals surface area contributed by atoms with E-state index < -0.39 is 11.3 Å². The molecule has 0 radical (unpaired) electrons. The van der Waals surface area contributed by atoms with Gasteiger partial charge in [-0.15, -0.1) is 11.3 Å². The van der Waals surface area contributed by atoms with Gasteiger partial charge < -0.3 is 24.7 Å². The van der Waals surface area contributed by atoms with E-state index in [4.69, 9.17) is 19.6 Å². The van der Waals surface area contributed by atoms with E-state index in [9.17, 15) is 9.90 Å². The van der Waals surface area contributed by atoms with Gasteiger partial charge in [-0.1, -0.05) is 0 Å². The lowest BCUT2D eigenvalue weighted by Crippen LogP contribution is -2.29. The van der Waals surface area contributed by atoms with Crippen molar-refractivity contribution in [2.45, 2.75) is 38.7 Å². The summed E-state index contributed by atoms with van der Waals surface area (Å²) in [4.78, 5) is 17.6. The van der Waals surface area contributed by atoms with Crippen molar-refractivity contribution < 1.29 is 23.8 Å². The zero-order chi connectivity index (χ0) is 20.6. The third-order valence-electron chi connectivity index (χ3n) is 5.67. The lowest BCUT2D eigenvalue weighted by Gasteiger charge is -2.30. The monoisotopic (exact) mass is 416 g/mol. The molecule has 1 saturated heterocycles. The summed E-state index contributed by atoms with van der Waals surface area (Å²) in [6.45, 7) is 5.05. The number of amides is 1. The van der Waals surface area contributed by atoms with Crippen LogP contribution in [0.25, 0.3) is 11.0 Å². The van der Waals surface area contributed by atoms with E-state index in [-0.39, 0.29) is 6.61 Å². The number of fused-ring (bicyclic) bond motifs is 1. The van der Waals surface area contributed by atoms with Crippen LogP contribution in [0.1, 0.15) is 45.1 Å². The number of benzene rings is 1. The highest BCUT2D eigenvalue weighted by molar-refractivity contribution is 7.09. The number of aliphatic hydroxyl groups is 1. The number of aromatic nitrogens is 1. The maximum Gasteiger partial charge on any atom is 0.252 e. The summed E-state index contributed by atoms with van der Waals surface area (Å²) in [6, 6.07) is 3.66. The van der Waals surface area contributed by atoms with E-state index in [1.165, 1.54) is 11.3 Å². The smallest absolute Gasteiger partial charge is 0.252 e. The number of hydrogen-bond donors (Lipinski definition) is 2. The second-order valence-electron chi connectivity index (χ2n) is 7.42. The van der Waals surface area contributed by atoms with Crippen molar-refractivity contribution in [3.8, 4) is 5.75 Å². The van der Waals surface area contributed by atoms with E-state index >= 15 is 0 Å². The zero-order valence-corrected chi connectivity index (χ0v) is 17.3. The molecule has 1 atom stereocenters. The number of primary amides is 1. The first-order valence-electron chi connectivity index (χ1n) is 9.53. The number of hydrogen-bond acceptors (Lipinski definition) is 7. The Morgan fingerprint density at radius 2 is 2.24 bits per heavy atom. The Balaban J connectivity index is 1.91. The normalized spacial score (nSPS) is 19.1. The van der Waals surface area contributed by atoms with Gasteiger partial charge >= 0.3 is 0 Å². The van der Waals surface area contributed by atoms with Crippen LogP contribution in [0.3, 0.4) is 0 Å². The number of nitrogens with zero attached hydrogens (tertiary/aromatic N) is 1. The first-order chi connectivity index (χ1) is 14.0. The van der Waals surface area contributed by atoms with Crippen molar-refractivity contribution in [3.63, 3.8) is 0 Å². The number of carbonyl (C=O) groups is 1. The Labute approximate surface area is 172 Å². The van der Waals surface area contributed by atoms with Gasteiger partial charge in [0, 0.05) is 29.6 Å². The first kappa shape index (κ1) is 19.9. The number of nitrogens with two attached hydrogens (primary N) is 1. The molecule has 4 rings (SSSR count). The molecule has 1 aliphatic heterocycles. The van der Waals surface area contributed by atoms with E-state index in [0.29, 0.717) is 60.7 Å². The molecule has 8 heteroatoms. The van der Waals surface area contributed by atoms with Gasteiger partial charge in [-0.3, -0.25) is 4.79 Å². The molecule has 0 bridgehead atoms. The highest BCUT2D eigenvalue weighted by atomic mass is 32.1. The molecule has 2 aromatic heterocycles. The van der Waals surface area contributed by atoms with Crippen molar-refractivity contribution in [1.29, 1.82) is 0 Å². The van der Waals surface area contributed by atoms with Crippen LogP contribution >= 0.6 is 11.3 Å². The quantitative estimate of drug-likeness (QED) is 0.612. The van der Waals surface area contributed by atoms with Gasteiger partial charge in [-0.25, -0.2) is 4.98 Å². The van der Waals surface area contributed by atoms with Gasteiger partial charge in [0.05, 0.1) is 28.3 Å². The maximum atomic E-state index is 12.3. The number of ether oxygens (including phenoxy) is 2. The number of aliphatic hydroxyl groups excluding tert-OH is 1. The fraction of sp³-hybridized carbons (Fsp3) is 0.429. The van der Waals surface area contributed by atoms with E-state index in [2.05, 4.69) is 4.98 Å². The molecule has 0 spiro atoms. The van der Waals surface area contributed by atoms with Gasteiger partial charge in [0.25, 0.3) is 5.91 Å². The van der Waals surface area contributed by atoms with Gasteiger partial charge in [0.15, 0.2) is 0 Å². The molecule has 154 valence electrons. The highest BCUT2D eigenvalue weighted by Crippen LogP contribution is 2.47. The predicted octanol–water partition coefficient (Wildman–Crippen LogP) is 3.22. The number of carbonyl (C=O) groups excluding carboxylic acids is 1. The lowest BCUT2D eigenvalue weighted by molar-refractivity contribution is 0.1000. The van der Waals surface area contributed by atoms with Crippen LogP contribution in [0.15, 0.2) is 22.1 Å². The summed E-state index contributed by atoms with van der Waals surface area (Å²) in [7, 11) is 0. The second-order valence-corrected chi connectivity index (χ2v) is 8.35. The highest BCUT2D eigenvalue weighted by Gasteiger charge is 2.41. The average molecular weight is 416 g/mol. The molecule has 1 aromatic carbocycles. The van der Waals surface area contributed by atoms with Crippen LogP contribution < -0.4 is 10.5 Å². The first-order valence-corrected chi connectivity index (χ1v) is 10.4. The molecule has 1 aliphatic rings. The minimum absolute atomic E-state index is 0.00409. The molecule has 0 saturated carbocycles. The molecule has 7 nitrogen and oxygen atoms in total. The molecular weight excluding hydrogens is 392 g/mol. The van der Waals surface area contributed by atoms with Gasteiger partial charge in [0.1, 0.15) is 23.7 Å². The van der Waals surface area contributed by atoms with Crippen LogP contribution in [0.2, 0.25) is 0 Å². The molecule has 3 heterocycles. The fourth-order valence-corrected chi connectivity index (χ4v) is 4.87. The largest absolute Gasteiger partial charge is 0.488 e. The van der Waals surface area contributed by atoms with E-state index in [0.717, 1.165) is 16.1 Å². The van der Waals surface area contributed by atoms with Gasteiger partial charge in [-0.2, -0.15) is 0 Å². The summed E-state index contributed by atoms with van der Waals surface area (Å²) in [5, 5.41) is 10.5. The number of aryl methyl sites for hydroxylation is 2. The maximum absolute atomic E-state index is 12.3. The van der Waals surface area contributed by atoms with E-state index in [1.807, 2.05) is 13.0 Å². The predicted molar refractivity (Wildman–Crippen MR) is 109 cm³/mol. The standard InChI is InChI=1S/C21H24N2O5S/c1-12-16(29-11-23-12)9-27-15-4-3-14-18(17(20(22)25)13(2)28-14)19(15)21(5-7-24)6-8-26-10-21/h3-4,11,24H,5-10H2,1-2H3,(H2,22,25). The molecule has 3 aromatic rings. The second kappa shape index (κ2) is 7.78. The SMILES string of the molecule is Cc1ncsc1COc1ccc2oc(C)c(C(N)=O)c2c1C1(CCO)CCOC1. The van der Waals surface area contributed by atoms with Gasteiger partial charge in [-0.05, 0) is 38.8 Å². The van der Waals surface area contributed by atoms with Crippen LogP contribution in [-0.2, 0) is 16.8 Å². The lowest BCUT2D eigenvalue weighted by atomic mass is 9.74. The molecule has 1 fully saturated rings. The topological polar surface area (TPSA) is 108 Å². The van der Waals surface area contributed by atoms with Crippen molar-refractivity contribution in [1.82, 2.24) is 4.98 Å². The molecule has 3 N–H and O–H groups in total. The van der Waals surface area contributed by atoms with Crippen molar-refractivity contribution in [2.75, 3.05) is 19.8 Å². The Morgan fingerprint density at radius 3 is 2.86 bits per heavy atom. The summed E-state index contributed by atoms with van der Waals surface area (Å²) in [6.07, 6.45) is 1.20. The summed E-state index contributed by atoms with van der Waals surface area (Å²) in [5.74, 6) is 0.575. The molecule has 0 aliphatic carbocycles. The van der Waals surface area contributed by atoms with Gasteiger partial charge in [0.2, 0.25) is 0 Å². The number of thiazole rings is 1. The summed E-state index contributed by atoms with van der Waals surface area (Å²) >= 11 is 1.54. The third kappa shape index (κ3) is 3.41. The minimum atomic E-state index is -0.545. The van der Waals surface area contributed by atoms with Crippen LogP contribution in [0, 0.1) is 13.8 Å². The van der Waals surface area contributed by atoms with Crippen LogP contribution in [-0.4, -0.2) is 35.8 Å². The Bertz CT molecular complexity index is 1050. The third-order valence-corrected chi connectivity index (χ3v) is 6.58. The van der Waals surface area contributed by atoms with Crippen molar-refractivity contribution >= 4 is 28.2 Å². The Kier molecular flexibility index (Phi) is 5.33. The molecule has 29 heavy (non-hydrogen) atoms. The zero-order valence-electron chi connectivity index (χ0n) is 16.5. The fourth-order valence-electron chi connectivity index (χ4n) is 4.18. The Morgan fingerprint density at radius 1 is 1.41 bits per heavy atom. The summed E-state index contributed by atoms with van der Waals surface area (Å²) in [5.41, 5.74) is 9.72. The number of rotatable bonds is 7. The van der Waals surface area contributed by atoms with Crippen molar-refractivity contribution in [3.05, 3.63) is 45.1 Å². The van der Waals surface area contributed by atoms with E-state index in [1.54, 1.807) is 18.5 Å². The van der Waals surface area contributed by atoms with Crippen LogP contribution in [0.4, 0.5) is 0 Å². The minimum Gasteiger partial charge on any atom is -0.488 e. The molecule has 1 unspecified atom stereocenters. The van der Waals surface area contributed by atoms with Crippen LogP contribution in [0.5, 0.6) is 5.75 Å². The Hall–Kier alpha value is -2.42. The molecule has 1 amide bonds. The average Bonchev–Trinajstić information content (AvgIpc) is 3.38.